The summed E-state index contributed by atoms with van der Waals surface area (Å²) in [6.07, 6.45) is 5.08. The molecule has 2 atom stereocenters. The van der Waals surface area contributed by atoms with Crippen molar-refractivity contribution in [3.8, 4) is 22.9 Å². The van der Waals surface area contributed by atoms with E-state index in [2.05, 4.69) is 25.9 Å². The number of hydrogen-bond donors (Lipinski definition) is 3. The number of pyridine rings is 1. The molecule has 6 rings (SSSR count). The number of aryl methyl sites for hydroxylation is 1. The third-order valence-corrected chi connectivity index (χ3v) is 7.14. The summed E-state index contributed by atoms with van der Waals surface area (Å²) >= 11 is 0. The summed E-state index contributed by atoms with van der Waals surface area (Å²) in [7, 11) is 0. The molecule has 1 aliphatic carbocycles. The number of alkyl halides is 2. The molecule has 0 radical (unpaired) electrons. The first kappa shape index (κ1) is 25.1. The van der Waals surface area contributed by atoms with Crippen LogP contribution in [0.5, 0.6) is 11.6 Å². The molecule has 1 unspecified atom stereocenters. The number of carbonyl (C=O) groups is 1. The fourth-order valence-corrected chi connectivity index (χ4v) is 4.90. The quantitative estimate of drug-likeness (QED) is 0.288. The van der Waals surface area contributed by atoms with Gasteiger partial charge in [0, 0.05) is 47.9 Å². The molecule has 3 N–H and O–H groups in total. The van der Waals surface area contributed by atoms with E-state index in [1.54, 1.807) is 24.5 Å². The zero-order chi connectivity index (χ0) is 27.0. The molecule has 0 spiro atoms. The second-order valence-electron chi connectivity index (χ2n) is 10.0. The fraction of sp³-hybridized carbons (Fsp3) is 0.310. The third-order valence-electron chi connectivity index (χ3n) is 7.14. The van der Waals surface area contributed by atoms with Gasteiger partial charge in [-0.15, -0.1) is 0 Å². The molecule has 1 saturated heterocycles. The van der Waals surface area contributed by atoms with E-state index in [0.29, 0.717) is 39.9 Å². The molecule has 2 fully saturated rings. The predicted octanol–water partition coefficient (Wildman–Crippen LogP) is 5.55. The van der Waals surface area contributed by atoms with Crippen LogP contribution in [0.1, 0.15) is 24.8 Å². The minimum atomic E-state index is -2.93. The maximum absolute atomic E-state index is 13.4. The van der Waals surface area contributed by atoms with E-state index in [1.165, 1.54) is 0 Å². The van der Waals surface area contributed by atoms with E-state index in [-0.39, 0.29) is 6.04 Å². The van der Waals surface area contributed by atoms with Crippen LogP contribution in [-0.4, -0.2) is 45.9 Å². The summed E-state index contributed by atoms with van der Waals surface area (Å²) < 4.78 is 33.3. The number of fused-ring (bicyclic) bond motifs is 1. The second-order valence-corrected chi connectivity index (χ2v) is 10.0. The normalized spacial score (nSPS) is 19.9. The van der Waals surface area contributed by atoms with Crippen LogP contribution in [0.3, 0.4) is 0 Å². The number of benzene rings is 2. The monoisotopic (exact) mass is 530 g/mol. The van der Waals surface area contributed by atoms with Gasteiger partial charge in [-0.2, -0.15) is 0 Å². The van der Waals surface area contributed by atoms with Gasteiger partial charge in [0.15, 0.2) is 0 Å². The Bertz CT molecular complexity index is 1540. The Labute approximate surface area is 224 Å². The average molecular weight is 531 g/mol. The maximum Gasteiger partial charge on any atom is 0.260 e. The van der Waals surface area contributed by atoms with Crippen molar-refractivity contribution in [2.75, 3.05) is 23.7 Å². The van der Waals surface area contributed by atoms with Gasteiger partial charge < -0.3 is 20.7 Å². The lowest BCUT2D eigenvalue weighted by Crippen LogP contribution is -2.38. The van der Waals surface area contributed by atoms with Crippen LogP contribution in [-0.2, 0) is 4.79 Å². The van der Waals surface area contributed by atoms with Crippen LogP contribution >= 0.6 is 0 Å². The zero-order valence-corrected chi connectivity index (χ0v) is 21.4. The highest BCUT2D eigenvalue weighted by atomic mass is 19.3. The van der Waals surface area contributed by atoms with Gasteiger partial charge in [0.25, 0.3) is 5.92 Å². The molecule has 1 amide bonds. The lowest BCUT2D eigenvalue weighted by molar-refractivity contribution is -0.119. The first-order valence-electron chi connectivity index (χ1n) is 13.0. The van der Waals surface area contributed by atoms with Crippen molar-refractivity contribution in [3.05, 3.63) is 66.5 Å². The van der Waals surface area contributed by atoms with Crippen LogP contribution in [0, 0.1) is 12.8 Å². The Balaban J connectivity index is 1.30. The Hall–Kier alpha value is -4.18. The van der Waals surface area contributed by atoms with Crippen LogP contribution < -0.4 is 20.7 Å². The van der Waals surface area contributed by atoms with Gasteiger partial charge >= 0.3 is 0 Å². The van der Waals surface area contributed by atoms with Crippen molar-refractivity contribution in [1.29, 1.82) is 0 Å². The number of nitrogens with zero attached hydrogens (tertiary/aromatic N) is 3. The summed E-state index contributed by atoms with van der Waals surface area (Å²) in [5.74, 6) is -3.44. The minimum Gasteiger partial charge on any atom is -0.437 e. The largest absolute Gasteiger partial charge is 0.437 e. The fourth-order valence-electron chi connectivity index (χ4n) is 4.90. The molecule has 10 heteroatoms. The van der Waals surface area contributed by atoms with Gasteiger partial charge in [-0.05, 0) is 56.1 Å². The number of anilines is 2. The van der Waals surface area contributed by atoms with Crippen molar-refractivity contribution >= 4 is 28.3 Å². The molecule has 3 heterocycles. The smallest absolute Gasteiger partial charge is 0.260 e. The zero-order valence-electron chi connectivity index (χ0n) is 21.4. The standard InChI is InChI=1S/C29H28F2N6O2/c1-17-9-10-19-20(6-2-8-23(19)36-26(38)22-15-29(22,30)31)25(17)39-27-21(7-4-13-33-27)24-11-14-34-28(37-24)35-18-5-3-12-32-16-18/h2,4,6-11,13-14,18,22,32H,3,5,12,15-16H2,1H3,(H,36,38)(H,34,35,37)/t18?,22-/m0/s1. The first-order chi connectivity index (χ1) is 18.9. The highest BCUT2D eigenvalue weighted by Crippen LogP contribution is 2.49. The Morgan fingerprint density at radius 2 is 1.95 bits per heavy atom. The molecule has 2 aliphatic rings. The lowest BCUT2D eigenvalue weighted by atomic mass is 10.0. The number of amides is 1. The molecule has 1 saturated carbocycles. The number of carbonyl (C=O) groups excluding carboxylic acids is 1. The molecular weight excluding hydrogens is 502 g/mol. The van der Waals surface area contributed by atoms with Crippen molar-refractivity contribution in [2.45, 2.75) is 38.2 Å². The third kappa shape index (κ3) is 5.24. The molecule has 200 valence electrons. The predicted molar refractivity (Wildman–Crippen MR) is 145 cm³/mol. The average Bonchev–Trinajstić information content (AvgIpc) is 3.59. The number of halogens is 2. The van der Waals surface area contributed by atoms with Crippen molar-refractivity contribution in [1.82, 2.24) is 20.3 Å². The van der Waals surface area contributed by atoms with Crippen LogP contribution in [0.2, 0.25) is 0 Å². The Morgan fingerprint density at radius 3 is 2.74 bits per heavy atom. The molecule has 2 aromatic carbocycles. The van der Waals surface area contributed by atoms with Crippen molar-refractivity contribution < 1.29 is 18.3 Å². The number of aromatic nitrogens is 3. The topological polar surface area (TPSA) is 101 Å². The molecule has 8 nitrogen and oxygen atoms in total. The van der Waals surface area contributed by atoms with Crippen molar-refractivity contribution in [3.63, 3.8) is 0 Å². The van der Waals surface area contributed by atoms with E-state index < -0.39 is 24.2 Å². The molecule has 0 bridgehead atoms. The maximum atomic E-state index is 13.4. The lowest BCUT2D eigenvalue weighted by Gasteiger charge is -2.23. The van der Waals surface area contributed by atoms with Gasteiger partial charge in [0.1, 0.15) is 11.7 Å². The number of rotatable bonds is 7. The highest BCUT2D eigenvalue weighted by molar-refractivity contribution is 6.06. The van der Waals surface area contributed by atoms with Crippen LogP contribution in [0.25, 0.3) is 22.0 Å². The van der Waals surface area contributed by atoms with Crippen LogP contribution in [0.15, 0.2) is 60.9 Å². The Kier molecular flexibility index (Phi) is 6.56. The summed E-state index contributed by atoms with van der Waals surface area (Å²) in [5, 5.41) is 10.9. The SMILES string of the molecule is Cc1ccc2c(NC(=O)[C@@H]3CC3(F)F)cccc2c1Oc1ncccc1-c1ccnc(NC2CCCNC2)n1. The number of ether oxygens (including phenoxy) is 1. The second kappa shape index (κ2) is 10.2. The summed E-state index contributed by atoms with van der Waals surface area (Å²) in [6.45, 7) is 3.80. The summed E-state index contributed by atoms with van der Waals surface area (Å²) in [6, 6.07) is 14.8. The number of piperidine rings is 1. The molecule has 39 heavy (non-hydrogen) atoms. The number of hydrogen-bond acceptors (Lipinski definition) is 7. The minimum absolute atomic E-state index is 0.262. The van der Waals surface area contributed by atoms with E-state index in [0.717, 1.165) is 36.9 Å². The summed E-state index contributed by atoms with van der Waals surface area (Å²) in [4.78, 5) is 26.0. The molecule has 2 aromatic heterocycles. The van der Waals surface area contributed by atoms with Gasteiger partial charge in [0.05, 0.1) is 11.3 Å². The highest BCUT2D eigenvalue weighted by Gasteiger charge is 2.61. The Morgan fingerprint density at radius 1 is 1.08 bits per heavy atom. The molecule has 4 aromatic rings. The molecule has 1 aliphatic heterocycles. The first-order valence-corrected chi connectivity index (χ1v) is 13.0. The van der Waals surface area contributed by atoms with E-state index >= 15 is 0 Å². The van der Waals surface area contributed by atoms with E-state index in [4.69, 9.17) is 9.72 Å². The van der Waals surface area contributed by atoms with Crippen LogP contribution in [0.4, 0.5) is 20.4 Å². The van der Waals surface area contributed by atoms with Crippen molar-refractivity contribution in [2.24, 2.45) is 5.92 Å². The molecular formula is C29H28F2N6O2. The number of nitrogens with one attached hydrogen (secondary N) is 3. The van der Waals surface area contributed by atoms with Gasteiger partial charge in [-0.25, -0.2) is 23.7 Å². The van der Waals surface area contributed by atoms with Gasteiger partial charge in [-0.1, -0.05) is 24.3 Å². The van der Waals surface area contributed by atoms with E-state index in [9.17, 15) is 13.6 Å². The van der Waals surface area contributed by atoms with E-state index in [1.807, 2.05) is 43.3 Å². The summed E-state index contributed by atoms with van der Waals surface area (Å²) in [5.41, 5.74) is 2.67. The van der Waals surface area contributed by atoms with Gasteiger partial charge in [0.2, 0.25) is 17.7 Å². The van der Waals surface area contributed by atoms with Gasteiger partial charge in [-0.3, -0.25) is 4.79 Å².